The van der Waals surface area contributed by atoms with E-state index < -0.39 is 11.9 Å². The van der Waals surface area contributed by atoms with Crippen LogP contribution < -0.4 is 0 Å². The van der Waals surface area contributed by atoms with Gasteiger partial charge in [0.05, 0.1) is 11.1 Å². The van der Waals surface area contributed by atoms with Crippen LogP contribution >= 0.6 is 0 Å². The lowest BCUT2D eigenvalue weighted by Crippen LogP contribution is -2.16. The Balaban J connectivity index is 1.32. The van der Waals surface area contributed by atoms with E-state index in [4.69, 9.17) is 9.78 Å². The molecule has 242 valence electrons. The maximum absolute atomic E-state index is 13.6. The van der Waals surface area contributed by atoms with Gasteiger partial charge in [-0.3, -0.25) is 9.59 Å². The highest BCUT2D eigenvalue weighted by atomic mass is 17.2. The Hall–Kier alpha value is -6.92. The van der Waals surface area contributed by atoms with E-state index in [1.54, 1.807) is 97.1 Å². The van der Waals surface area contributed by atoms with E-state index >= 15 is 0 Å². The molecule has 0 N–H and O–H groups in total. The van der Waals surface area contributed by atoms with Gasteiger partial charge in [-0.15, -0.1) is 0 Å². The van der Waals surface area contributed by atoms with E-state index in [2.05, 4.69) is 0 Å². The zero-order valence-corrected chi connectivity index (χ0v) is 26.8. The highest BCUT2D eigenvalue weighted by molar-refractivity contribution is 6.14. The van der Waals surface area contributed by atoms with E-state index in [-0.39, 0.29) is 33.8 Å². The van der Waals surface area contributed by atoms with Crippen LogP contribution in [0.3, 0.4) is 0 Å². The molecule has 0 saturated heterocycles. The zero-order valence-electron chi connectivity index (χ0n) is 26.8. The highest BCUT2D eigenvalue weighted by Gasteiger charge is 2.24. The van der Waals surface area contributed by atoms with E-state index in [1.807, 2.05) is 72.8 Å². The van der Waals surface area contributed by atoms with Gasteiger partial charge in [0.2, 0.25) is 0 Å². The normalized spacial score (nSPS) is 11.0. The van der Waals surface area contributed by atoms with Crippen molar-refractivity contribution in [2.75, 3.05) is 0 Å². The first-order valence-corrected chi connectivity index (χ1v) is 15.8. The monoisotopic (exact) mass is 654 g/mol. The molecule has 0 fully saturated rings. The molecular weight excluding hydrogens is 624 g/mol. The van der Waals surface area contributed by atoms with Gasteiger partial charge < -0.3 is 0 Å². The Morgan fingerprint density at radius 1 is 0.340 bits per heavy atom. The molecule has 0 amide bonds. The van der Waals surface area contributed by atoms with Crippen molar-refractivity contribution in [3.8, 4) is 0 Å². The molecule has 6 aromatic carbocycles. The minimum absolute atomic E-state index is 0.0176. The standard InChI is InChI=1S/C44H30O6/c45-41(33-19-9-3-10-20-33)37-23-13-25-39(35(37)29-27-31-15-5-1-6-16-31)43(47)49-50-44(48)40-26-14-24-38(42(46)34-21-11-4-12-22-34)36(40)30-28-32-17-7-2-8-18-32/h1-30H/b29-27+,30-28+. The molecule has 6 nitrogen and oxygen atoms in total. The number of hydrogen-bond donors (Lipinski definition) is 0. The van der Waals surface area contributed by atoms with Crippen molar-refractivity contribution in [3.63, 3.8) is 0 Å². The second kappa shape index (κ2) is 15.8. The molecule has 0 radical (unpaired) electrons. The SMILES string of the molecule is O=C(OOC(=O)c1cccc(C(=O)c2ccccc2)c1/C=C/c1ccccc1)c1cccc(C(=O)c2ccccc2)c1/C=C/c1ccccc1. The molecule has 0 unspecified atom stereocenters. The summed E-state index contributed by atoms with van der Waals surface area (Å²) in [5, 5.41) is 0. The largest absolute Gasteiger partial charge is 0.386 e. The first kappa shape index (κ1) is 33.0. The van der Waals surface area contributed by atoms with E-state index in [0.29, 0.717) is 22.3 Å². The summed E-state index contributed by atoms with van der Waals surface area (Å²) in [6.07, 6.45) is 6.88. The fraction of sp³-hybridized carbons (Fsp3) is 0. The molecule has 0 atom stereocenters. The second-order valence-corrected chi connectivity index (χ2v) is 11.2. The first-order chi connectivity index (χ1) is 24.5. The molecule has 6 heteroatoms. The predicted molar refractivity (Wildman–Crippen MR) is 194 cm³/mol. The van der Waals surface area contributed by atoms with Crippen LogP contribution in [0.2, 0.25) is 0 Å². The van der Waals surface area contributed by atoms with Gasteiger partial charge in [-0.2, -0.15) is 0 Å². The van der Waals surface area contributed by atoms with Crippen LogP contribution in [0.15, 0.2) is 158 Å². The van der Waals surface area contributed by atoms with Crippen molar-refractivity contribution in [1.82, 2.24) is 0 Å². The lowest BCUT2D eigenvalue weighted by Gasteiger charge is -2.12. The van der Waals surface area contributed by atoms with Crippen LogP contribution in [0.25, 0.3) is 24.3 Å². The van der Waals surface area contributed by atoms with Gasteiger partial charge in [-0.05, 0) is 23.3 Å². The fourth-order valence-corrected chi connectivity index (χ4v) is 5.38. The number of benzene rings is 6. The average Bonchev–Trinajstić information content (AvgIpc) is 3.18. The Morgan fingerprint density at radius 3 is 1.02 bits per heavy atom. The van der Waals surface area contributed by atoms with E-state index in [0.717, 1.165) is 11.1 Å². The molecule has 0 aliphatic heterocycles. The molecule has 0 aromatic heterocycles. The number of hydrogen-bond acceptors (Lipinski definition) is 6. The number of carbonyl (C=O) groups is 4. The fourth-order valence-electron chi connectivity index (χ4n) is 5.38. The minimum Gasteiger partial charge on any atom is -0.289 e. The van der Waals surface area contributed by atoms with Crippen LogP contribution in [-0.4, -0.2) is 23.5 Å². The van der Waals surface area contributed by atoms with Gasteiger partial charge >= 0.3 is 11.9 Å². The summed E-state index contributed by atoms with van der Waals surface area (Å²) in [6, 6.07) is 45.7. The summed E-state index contributed by atoms with van der Waals surface area (Å²) in [5.74, 6) is -2.54. The van der Waals surface area contributed by atoms with Gasteiger partial charge in [-0.1, -0.05) is 170 Å². The number of carbonyl (C=O) groups excluding carboxylic acids is 4. The first-order valence-electron chi connectivity index (χ1n) is 15.8. The lowest BCUT2D eigenvalue weighted by molar-refractivity contribution is -0.187. The second-order valence-electron chi connectivity index (χ2n) is 11.2. The summed E-state index contributed by atoms with van der Waals surface area (Å²) in [7, 11) is 0. The van der Waals surface area contributed by atoms with E-state index in [1.165, 1.54) is 12.1 Å². The lowest BCUT2D eigenvalue weighted by atomic mass is 9.93. The van der Waals surface area contributed by atoms with Crippen LogP contribution in [0.5, 0.6) is 0 Å². The van der Waals surface area contributed by atoms with Crippen molar-refractivity contribution in [2.45, 2.75) is 0 Å². The number of rotatable bonds is 10. The van der Waals surface area contributed by atoms with Crippen LogP contribution in [0.1, 0.15) is 74.8 Å². The number of ketones is 2. The van der Waals surface area contributed by atoms with Gasteiger partial charge in [-0.25, -0.2) is 19.4 Å². The minimum atomic E-state index is -0.980. The topological polar surface area (TPSA) is 86.7 Å². The molecule has 0 saturated carbocycles. The third kappa shape index (κ3) is 7.78. The smallest absolute Gasteiger partial charge is 0.289 e. The van der Waals surface area contributed by atoms with Gasteiger partial charge in [0, 0.05) is 33.4 Å². The Kier molecular flexibility index (Phi) is 10.4. The molecule has 50 heavy (non-hydrogen) atoms. The molecule has 0 bridgehead atoms. The third-order valence-electron chi connectivity index (χ3n) is 7.89. The third-order valence-corrected chi connectivity index (χ3v) is 7.89. The van der Waals surface area contributed by atoms with Crippen molar-refractivity contribution < 1.29 is 29.0 Å². The average molecular weight is 655 g/mol. The van der Waals surface area contributed by atoms with Crippen LogP contribution in [-0.2, 0) is 9.78 Å². The van der Waals surface area contributed by atoms with Gasteiger partial charge in [0.15, 0.2) is 11.6 Å². The molecular formula is C44H30O6. The van der Waals surface area contributed by atoms with Crippen LogP contribution in [0, 0.1) is 0 Å². The molecule has 0 aliphatic carbocycles. The zero-order chi connectivity index (χ0) is 34.7. The summed E-state index contributed by atoms with van der Waals surface area (Å²) >= 11 is 0. The predicted octanol–water partition coefficient (Wildman–Crippen LogP) is 9.42. The van der Waals surface area contributed by atoms with Crippen molar-refractivity contribution in [2.24, 2.45) is 0 Å². The van der Waals surface area contributed by atoms with E-state index in [9.17, 15) is 19.2 Å². The summed E-state index contributed by atoms with van der Waals surface area (Å²) in [4.78, 5) is 64.6. The summed E-state index contributed by atoms with van der Waals surface area (Å²) in [6.45, 7) is 0. The van der Waals surface area contributed by atoms with Gasteiger partial charge in [0.1, 0.15) is 0 Å². The summed E-state index contributed by atoms with van der Waals surface area (Å²) in [5.41, 5.74) is 3.76. The quantitative estimate of drug-likeness (QED) is 0.0633. The maximum Gasteiger partial charge on any atom is 0.386 e. The van der Waals surface area contributed by atoms with Gasteiger partial charge in [0.25, 0.3) is 0 Å². The summed E-state index contributed by atoms with van der Waals surface area (Å²) < 4.78 is 0. The molecule has 0 heterocycles. The molecule has 6 rings (SSSR count). The highest BCUT2D eigenvalue weighted by Crippen LogP contribution is 2.25. The van der Waals surface area contributed by atoms with Crippen molar-refractivity contribution in [3.05, 3.63) is 213 Å². The molecule has 6 aromatic rings. The Morgan fingerprint density at radius 2 is 0.660 bits per heavy atom. The van der Waals surface area contributed by atoms with Crippen LogP contribution in [0.4, 0.5) is 0 Å². The molecule has 0 aliphatic rings. The molecule has 0 spiro atoms. The maximum atomic E-state index is 13.6. The van der Waals surface area contributed by atoms with Crippen molar-refractivity contribution >= 4 is 47.8 Å². The Labute approximate surface area is 289 Å². The van der Waals surface area contributed by atoms with Crippen molar-refractivity contribution in [1.29, 1.82) is 0 Å². The Bertz CT molecular complexity index is 2040.